The van der Waals surface area contributed by atoms with Crippen LogP contribution in [0, 0.1) is 5.82 Å². The molecule has 1 aliphatic heterocycles. The van der Waals surface area contributed by atoms with Crippen LogP contribution in [0.1, 0.15) is 17.3 Å². The van der Waals surface area contributed by atoms with Gasteiger partial charge in [-0.15, -0.1) is 0 Å². The minimum atomic E-state index is -3.64. The van der Waals surface area contributed by atoms with Gasteiger partial charge in [-0.3, -0.25) is 4.79 Å². The summed E-state index contributed by atoms with van der Waals surface area (Å²) in [6, 6.07) is 12.3. The zero-order chi connectivity index (χ0) is 18.0. The first kappa shape index (κ1) is 17.6. The molecular weight excluding hydrogens is 343 g/mol. The Kier molecular flexibility index (Phi) is 4.87. The molecule has 1 heterocycles. The standard InChI is InChI=1S/C18H19FN2O3S/c1-14(22)15-3-2-4-18(13-15)25(23,24)21-11-9-20(10-12-21)17-7-5-16(19)6-8-17/h2-8,13H,9-12H2,1H3. The Morgan fingerprint density at radius 3 is 2.24 bits per heavy atom. The molecule has 7 heteroatoms. The largest absolute Gasteiger partial charge is 0.369 e. The number of carbonyl (C=O) groups is 1. The van der Waals surface area contributed by atoms with Crippen molar-refractivity contribution in [3.8, 4) is 0 Å². The van der Waals surface area contributed by atoms with E-state index in [1.165, 1.54) is 35.5 Å². The first-order valence-electron chi connectivity index (χ1n) is 7.99. The first-order valence-corrected chi connectivity index (χ1v) is 9.43. The summed E-state index contributed by atoms with van der Waals surface area (Å²) in [5.41, 5.74) is 1.25. The van der Waals surface area contributed by atoms with Gasteiger partial charge in [-0.2, -0.15) is 4.31 Å². The van der Waals surface area contributed by atoms with Gasteiger partial charge >= 0.3 is 0 Å². The zero-order valence-corrected chi connectivity index (χ0v) is 14.7. The van der Waals surface area contributed by atoms with Crippen LogP contribution < -0.4 is 4.90 Å². The number of hydrogen-bond donors (Lipinski definition) is 0. The molecule has 0 spiro atoms. The van der Waals surface area contributed by atoms with E-state index in [2.05, 4.69) is 0 Å². The van der Waals surface area contributed by atoms with Gasteiger partial charge in [-0.05, 0) is 43.3 Å². The molecule has 2 aromatic rings. The van der Waals surface area contributed by atoms with E-state index in [-0.39, 0.29) is 16.5 Å². The van der Waals surface area contributed by atoms with E-state index < -0.39 is 10.0 Å². The van der Waals surface area contributed by atoms with Gasteiger partial charge in [0.1, 0.15) is 5.82 Å². The molecule has 0 amide bonds. The van der Waals surface area contributed by atoms with Gasteiger partial charge in [0.2, 0.25) is 10.0 Å². The number of piperazine rings is 1. The maximum atomic E-state index is 13.0. The van der Waals surface area contributed by atoms with Crippen molar-refractivity contribution < 1.29 is 17.6 Å². The van der Waals surface area contributed by atoms with Crippen molar-refractivity contribution >= 4 is 21.5 Å². The lowest BCUT2D eigenvalue weighted by atomic mass is 10.2. The SMILES string of the molecule is CC(=O)c1cccc(S(=O)(=O)N2CCN(c3ccc(F)cc3)CC2)c1. The summed E-state index contributed by atoms with van der Waals surface area (Å²) in [7, 11) is -3.64. The summed E-state index contributed by atoms with van der Waals surface area (Å²) >= 11 is 0. The molecule has 0 atom stereocenters. The zero-order valence-electron chi connectivity index (χ0n) is 13.9. The highest BCUT2D eigenvalue weighted by Gasteiger charge is 2.28. The average molecular weight is 362 g/mol. The van der Waals surface area contributed by atoms with E-state index in [9.17, 15) is 17.6 Å². The average Bonchev–Trinajstić information content (AvgIpc) is 2.62. The minimum Gasteiger partial charge on any atom is -0.369 e. The Hall–Kier alpha value is -2.25. The van der Waals surface area contributed by atoms with Crippen molar-refractivity contribution in [1.82, 2.24) is 4.31 Å². The maximum absolute atomic E-state index is 13.0. The molecule has 0 bridgehead atoms. The molecular formula is C18H19FN2O3S. The number of anilines is 1. The fraction of sp³-hybridized carbons (Fsp3) is 0.278. The van der Waals surface area contributed by atoms with Crippen LogP contribution in [0.4, 0.5) is 10.1 Å². The molecule has 25 heavy (non-hydrogen) atoms. The molecule has 3 rings (SSSR count). The molecule has 0 unspecified atom stereocenters. The topological polar surface area (TPSA) is 57.7 Å². The molecule has 2 aromatic carbocycles. The highest BCUT2D eigenvalue weighted by molar-refractivity contribution is 7.89. The van der Waals surface area contributed by atoms with E-state index in [4.69, 9.17) is 0 Å². The van der Waals surface area contributed by atoms with Crippen molar-refractivity contribution in [1.29, 1.82) is 0 Å². The number of hydrogen-bond acceptors (Lipinski definition) is 4. The molecule has 0 N–H and O–H groups in total. The summed E-state index contributed by atoms with van der Waals surface area (Å²) in [6.07, 6.45) is 0. The van der Waals surface area contributed by atoms with Crippen molar-refractivity contribution in [2.24, 2.45) is 0 Å². The van der Waals surface area contributed by atoms with E-state index in [1.807, 2.05) is 4.90 Å². The van der Waals surface area contributed by atoms with Gasteiger partial charge in [0.05, 0.1) is 4.90 Å². The van der Waals surface area contributed by atoms with Crippen molar-refractivity contribution in [3.63, 3.8) is 0 Å². The van der Waals surface area contributed by atoms with Crippen molar-refractivity contribution in [2.75, 3.05) is 31.1 Å². The van der Waals surface area contributed by atoms with Gasteiger partial charge in [0.25, 0.3) is 0 Å². The minimum absolute atomic E-state index is 0.135. The monoisotopic (exact) mass is 362 g/mol. The highest BCUT2D eigenvalue weighted by Crippen LogP contribution is 2.22. The molecule has 5 nitrogen and oxygen atoms in total. The van der Waals surface area contributed by atoms with Gasteiger partial charge < -0.3 is 4.90 Å². The predicted molar refractivity (Wildman–Crippen MR) is 93.8 cm³/mol. The van der Waals surface area contributed by atoms with E-state index in [1.54, 1.807) is 24.3 Å². The van der Waals surface area contributed by atoms with Crippen LogP contribution in [-0.2, 0) is 10.0 Å². The van der Waals surface area contributed by atoms with E-state index in [0.717, 1.165) is 5.69 Å². The van der Waals surface area contributed by atoms with Crippen molar-refractivity contribution in [3.05, 3.63) is 59.9 Å². The number of Topliss-reactive ketones (excluding diaryl/α,β-unsaturated/α-hetero) is 1. The normalized spacial score (nSPS) is 16.0. The summed E-state index contributed by atoms with van der Waals surface area (Å²) < 4.78 is 40.0. The first-order chi connectivity index (χ1) is 11.9. The molecule has 1 aliphatic rings. The predicted octanol–water partition coefficient (Wildman–Crippen LogP) is 2.54. The van der Waals surface area contributed by atoms with Gasteiger partial charge in [0.15, 0.2) is 5.78 Å². The van der Waals surface area contributed by atoms with Crippen LogP contribution in [0.3, 0.4) is 0 Å². The molecule has 0 radical (unpaired) electrons. The second-order valence-corrected chi connectivity index (χ2v) is 7.89. The van der Waals surface area contributed by atoms with Crippen LogP contribution in [0.2, 0.25) is 0 Å². The summed E-state index contributed by atoms with van der Waals surface area (Å²) in [5, 5.41) is 0. The van der Waals surface area contributed by atoms with Gasteiger partial charge in [-0.25, -0.2) is 12.8 Å². The third-order valence-corrected chi connectivity index (χ3v) is 6.20. The lowest BCUT2D eigenvalue weighted by Gasteiger charge is -2.35. The van der Waals surface area contributed by atoms with Crippen LogP contribution in [0.15, 0.2) is 53.4 Å². The van der Waals surface area contributed by atoms with Crippen molar-refractivity contribution in [2.45, 2.75) is 11.8 Å². The number of ketones is 1. The molecule has 0 aromatic heterocycles. The lowest BCUT2D eigenvalue weighted by Crippen LogP contribution is -2.48. The summed E-state index contributed by atoms with van der Waals surface area (Å²) in [4.78, 5) is 13.6. The molecule has 0 aliphatic carbocycles. The number of rotatable bonds is 4. The van der Waals surface area contributed by atoms with Gasteiger partial charge in [-0.1, -0.05) is 12.1 Å². The van der Waals surface area contributed by atoms with E-state index in [0.29, 0.717) is 31.7 Å². The van der Waals surface area contributed by atoms with Gasteiger partial charge in [0, 0.05) is 37.4 Å². The van der Waals surface area contributed by atoms with Crippen LogP contribution >= 0.6 is 0 Å². The lowest BCUT2D eigenvalue weighted by molar-refractivity contribution is 0.101. The van der Waals surface area contributed by atoms with E-state index >= 15 is 0 Å². The summed E-state index contributed by atoms with van der Waals surface area (Å²) in [5.74, 6) is -0.464. The molecule has 1 saturated heterocycles. The smallest absolute Gasteiger partial charge is 0.243 e. The third kappa shape index (κ3) is 3.72. The Labute approximate surface area is 146 Å². The molecule has 0 saturated carbocycles. The second-order valence-electron chi connectivity index (χ2n) is 5.95. The number of nitrogens with zero attached hydrogens (tertiary/aromatic N) is 2. The second kappa shape index (κ2) is 6.93. The van der Waals surface area contributed by atoms with Crippen LogP contribution in [-0.4, -0.2) is 44.7 Å². The number of benzene rings is 2. The van der Waals surface area contributed by atoms with Crippen LogP contribution in [0.5, 0.6) is 0 Å². The quantitative estimate of drug-likeness (QED) is 0.785. The fourth-order valence-corrected chi connectivity index (χ4v) is 4.33. The highest BCUT2D eigenvalue weighted by atomic mass is 32.2. The number of halogens is 1. The fourth-order valence-electron chi connectivity index (χ4n) is 2.86. The molecule has 1 fully saturated rings. The third-order valence-electron chi connectivity index (χ3n) is 4.31. The maximum Gasteiger partial charge on any atom is 0.243 e. The number of carbonyl (C=O) groups excluding carboxylic acids is 1. The molecule has 132 valence electrons. The summed E-state index contributed by atoms with van der Waals surface area (Å²) in [6.45, 7) is 3.13. The Morgan fingerprint density at radius 1 is 1.00 bits per heavy atom. The van der Waals surface area contributed by atoms with Crippen LogP contribution in [0.25, 0.3) is 0 Å². The Bertz CT molecular complexity index is 873. The Morgan fingerprint density at radius 2 is 1.64 bits per heavy atom. The Balaban J connectivity index is 1.74. The number of sulfonamides is 1.